The van der Waals surface area contributed by atoms with Crippen LogP contribution in [0.4, 0.5) is 0 Å². The highest BCUT2D eigenvalue weighted by Crippen LogP contribution is 2.26. The van der Waals surface area contributed by atoms with Crippen LogP contribution in [0.2, 0.25) is 5.02 Å². The van der Waals surface area contributed by atoms with E-state index in [0.29, 0.717) is 18.0 Å². The average molecular weight is 288 g/mol. The van der Waals surface area contributed by atoms with Crippen LogP contribution in [0.5, 0.6) is 0 Å². The highest BCUT2D eigenvalue weighted by atomic mass is 35.5. The van der Waals surface area contributed by atoms with Gasteiger partial charge in [0, 0.05) is 17.1 Å². The van der Waals surface area contributed by atoms with Crippen LogP contribution in [0.15, 0.2) is 54.6 Å². The van der Waals surface area contributed by atoms with Gasteiger partial charge in [0.1, 0.15) is 0 Å². The fraction of sp³-hybridized carbons (Fsp3) is 0.333. The van der Waals surface area contributed by atoms with Crippen LogP contribution in [0.25, 0.3) is 0 Å². The first-order chi connectivity index (χ1) is 9.58. The van der Waals surface area contributed by atoms with Crippen molar-refractivity contribution < 1.29 is 0 Å². The van der Waals surface area contributed by atoms with Crippen molar-refractivity contribution in [1.82, 2.24) is 5.32 Å². The molecule has 1 nitrogen and oxygen atoms in total. The minimum Gasteiger partial charge on any atom is -0.303 e. The van der Waals surface area contributed by atoms with Crippen molar-refractivity contribution in [3.05, 3.63) is 70.7 Å². The highest BCUT2D eigenvalue weighted by Gasteiger charge is 2.18. The Morgan fingerprint density at radius 1 is 0.800 bits per heavy atom. The molecule has 2 unspecified atom stereocenters. The Morgan fingerprint density at radius 2 is 1.40 bits per heavy atom. The summed E-state index contributed by atoms with van der Waals surface area (Å²) in [4.78, 5) is 0. The fourth-order valence-corrected chi connectivity index (χ4v) is 2.58. The van der Waals surface area contributed by atoms with Crippen LogP contribution in [-0.2, 0) is 0 Å². The Labute approximate surface area is 127 Å². The third kappa shape index (κ3) is 3.84. The fourth-order valence-electron chi connectivity index (χ4n) is 2.45. The third-order valence-corrected chi connectivity index (χ3v) is 3.88. The van der Waals surface area contributed by atoms with Crippen molar-refractivity contribution in [1.29, 1.82) is 0 Å². The molecule has 0 aliphatic carbocycles. The van der Waals surface area contributed by atoms with Crippen molar-refractivity contribution in [2.75, 3.05) is 0 Å². The molecule has 0 fully saturated rings. The van der Waals surface area contributed by atoms with E-state index in [1.54, 1.807) is 0 Å². The second kappa shape index (κ2) is 6.92. The van der Waals surface area contributed by atoms with Crippen LogP contribution in [0, 0.1) is 5.92 Å². The van der Waals surface area contributed by atoms with Crippen LogP contribution >= 0.6 is 11.6 Å². The summed E-state index contributed by atoms with van der Waals surface area (Å²) in [7, 11) is 0. The van der Waals surface area contributed by atoms with Gasteiger partial charge in [-0.15, -0.1) is 0 Å². The maximum atomic E-state index is 5.98. The van der Waals surface area contributed by atoms with Gasteiger partial charge in [0.2, 0.25) is 0 Å². The molecular formula is C18H22ClN. The van der Waals surface area contributed by atoms with Gasteiger partial charge in [0.05, 0.1) is 0 Å². The molecule has 2 heteroatoms. The van der Waals surface area contributed by atoms with Gasteiger partial charge in [-0.3, -0.25) is 0 Å². The number of halogens is 1. The van der Waals surface area contributed by atoms with Gasteiger partial charge < -0.3 is 5.32 Å². The normalized spacial score (nSPS) is 14.2. The van der Waals surface area contributed by atoms with Gasteiger partial charge >= 0.3 is 0 Å². The lowest BCUT2D eigenvalue weighted by Gasteiger charge is -2.27. The highest BCUT2D eigenvalue weighted by molar-refractivity contribution is 6.30. The van der Waals surface area contributed by atoms with Gasteiger partial charge in [0.25, 0.3) is 0 Å². The van der Waals surface area contributed by atoms with E-state index in [9.17, 15) is 0 Å². The minimum absolute atomic E-state index is 0.319. The lowest BCUT2D eigenvalue weighted by molar-refractivity contribution is 0.374. The van der Waals surface area contributed by atoms with Gasteiger partial charge in [-0.25, -0.2) is 0 Å². The van der Waals surface area contributed by atoms with Crippen molar-refractivity contribution in [2.45, 2.75) is 32.9 Å². The minimum atomic E-state index is 0.319. The zero-order chi connectivity index (χ0) is 14.5. The summed E-state index contributed by atoms with van der Waals surface area (Å²) in [5.41, 5.74) is 2.60. The molecule has 0 aliphatic rings. The molecule has 0 amide bonds. The molecular weight excluding hydrogens is 266 g/mol. The lowest BCUT2D eigenvalue weighted by Crippen LogP contribution is -2.28. The first-order valence-corrected chi connectivity index (χ1v) is 7.52. The van der Waals surface area contributed by atoms with E-state index in [1.165, 1.54) is 11.1 Å². The molecule has 0 spiro atoms. The molecule has 0 aliphatic heterocycles. The van der Waals surface area contributed by atoms with E-state index >= 15 is 0 Å². The van der Waals surface area contributed by atoms with Gasteiger partial charge in [-0.05, 0) is 36.1 Å². The van der Waals surface area contributed by atoms with E-state index in [1.807, 2.05) is 12.1 Å². The molecule has 20 heavy (non-hydrogen) atoms. The van der Waals surface area contributed by atoms with Crippen LogP contribution in [0.1, 0.15) is 44.0 Å². The third-order valence-electron chi connectivity index (χ3n) is 3.62. The average Bonchev–Trinajstić information content (AvgIpc) is 2.46. The van der Waals surface area contributed by atoms with E-state index in [0.717, 1.165) is 5.02 Å². The Morgan fingerprint density at radius 3 is 1.95 bits per heavy atom. The smallest absolute Gasteiger partial charge is 0.0406 e. The van der Waals surface area contributed by atoms with Crippen molar-refractivity contribution in [2.24, 2.45) is 5.92 Å². The van der Waals surface area contributed by atoms with Crippen molar-refractivity contribution >= 4 is 11.6 Å². The molecule has 0 bridgehead atoms. The Hall–Kier alpha value is -1.31. The maximum Gasteiger partial charge on any atom is 0.0406 e. The monoisotopic (exact) mass is 287 g/mol. The Bertz CT molecular complexity index is 519. The molecule has 0 radical (unpaired) electrons. The summed E-state index contributed by atoms with van der Waals surface area (Å²) < 4.78 is 0. The number of rotatable bonds is 5. The number of nitrogens with one attached hydrogen (secondary N) is 1. The van der Waals surface area contributed by atoms with Gasteiger partial charge in [-0.2, -0.15) is 0 Å². The largest absolute Gasteiger partial charge is 0.303 e. The Kier molecular flexibility index (Phi) is 5.22. The van der Waals surface area contributed by atoms with Crippen LogP contribution in [-0.4, -0.2) is 0 Å². The molecule has 1 N–H and O–H groups in total. The second-order valence-electron chi connectivity index (χ2n) is 5.57. The standard InChI is InChI=1S/C18H22ClN/c1-13(2)18(16-9-11-17(19)12-10-16)20-14(3)15-7-5-4-6-8-15/h4-14,18,20H,1-3H3. The molecule has 0 saturated carbocycles. The predicted octanol–water partition coefficient (Wildman–Crippen LogP) is 5.39. The summed E-state index contributed by atoms with van der Waals surface area (Å²) in [6.45, 7) is 6.69. The molecule has 0 heterocycles. The van der Waals surface area contributed by atoms with E-state index in [4.69, 9.17) is 11.6 Å². The molecule has 2 aromatic rings. The molecule has 106 valence electrons. The summed E-state index contributed by atoms with van der Waals surface area (Å²) in [6, 6.07) is 19.3. The molecule has 0 aromatic heterocycles. The topological polar surface area (TPSA) is 12.0 Å². The predicted molar refractivity (Wildman–Crippen MR) is 87.0 cm³/mol. The molecule has 2 aromatic carbocycles. The number of benzene rings is 2. The zero-order valence-electron chi connectivity index (χ0n) is 12.3. The van der Waals surface area contributed by atoms with Crippen LogP contribution in [0.3, 0.4) is 0 Å². The summed E-state index contributed by atoms with van der Waals surface area (Å²) >= 11 is 5.98. The molecule has 2 atom stereocenters. The summed E-state index contributed by atoms with van der Waals surface area (Å²) in [6.07, 6.45) is 0. The maximum absolute atomic E-state index is 5.98. The SMILES string of the molecule is CC(NC(c1ccc(Cl)cc1)C(C)C)c1ccccc1. The van der Waals surface area contributed by atoms with E-state index < -0.39 is 0 Å². The summed E-state index contributed by atoms with van der Waals surface area (Å²) in [5, 5.41) is 4.51. The summed E-state index contributed by atoms with van der Waals surface area (Å²) in [5.74, 6) is 0.516. The molecule has 2 rings (SSSR count). The second-order valence-corrected chi connectivity index (χ2v) is 6.01. The van der Waals surface area contributed by atoms with Gasteiger partial charge in [-0.1, -0.05) is 67.9 Å². The first-order valence-electron chi connectivity index (χ1n) is 7.14. The van der Waals surface area contributed by atoms with E-state index in [-0.39, 0.29) is 0 Å². The van der Waals surface area contributed by atoms with Crippen molar-refractivity contribution in [3.63, 3.8) is 0 Å². The molecule has 0 saturated heterocycles. The lowest BCUT2D eigenvalue weighted by atomic mass is 9.94. The first kappa shape index (κ1) is 15.1. The Balaban J connectivity index is 2.16. The quantitative estimate of drug-likeness (QED) is 0.777. The number of hydrogen-bond donors (Lipinski definition) is 1. The van der Waals surface area contributed by atoms with E-state index in [2.05, 4.69) is 68.6 Å². The van der Waals surface area contributed by atoms with Gasteiger partial charge in [0.15, 0.2) is 0 Å². The zero-order valence-corrected chi connectivity index (χ0v) is 13.1. The van der Waals surface area contributed by atoms with Crippen molar-refractivity contribution in [3.8, 4) is 0 Å². The van der Waals surface area contributed by atoms with Crippen LogP contribution < -0.4 is 5.32 Å². The number of hydrogen-bond acceptors (Lipinski definition) is 1.